The van der Waals surface area contributed by atoms with Gasteiger partial charge in [-0.2, -0.15) is 9.98 Å². The maximum Gasteiger partial charge on any atom is 0.322 e. The Labute approximate surface area is 107 Å². The Morgan fingerprint density at radius 1 is 1.50 bits per heavy atom. The predicted octanol–water partition coefficient (Wildman–Crippen LogP) is 0.551. The zero-order valence-corrected chi connectivity index (χ0v) is 11.4. The minimum absolute atomic E-state index is 0.477. The van der Waals surface area contributed by atoms with Crippen molar-refractivity contribution in [2.24, 2.45) is 5.92 Å². The molecule has 0 aromatic heterocycles. The van der Waals surface area contributed by atoms with E-state index in [1.807, 2.05) is 6.07 Å². The SMILES string of the molecule is COC(=O)CS(=O)(=O)NC1(C#N)CCC(C)CC1. The van der Waals surface area contributed by atoms with Crippen molar-refractivity contribution in [1.29, 1.82) is 5.26 Å². The highest BCUT2D eigenvalue weighted by atomic mass is 32.2. The minimum atomic E-state index is -3.83. The number of nitrogens with zero attached hydrogens (tertiary/aromatic N) is 1. The molecule has 1 saturated carbocycles. The third kappa shape index (κ3) is 3.96. The number of carbonyl (C=O) groups is 1. The minimum Gasteiger partial charge on any atom is -0.468 e. The van der Waals surface area contributed by atoms with Gasteiger partial charge in [0.15, 0.2) is 5.75 Å². The third-order valence-corrected chi connectivity index (χ3v) is 4.55. The molecule has 1 fully saturated rings. The Bertz CT molecular complexity index is 444. The molecule has 0 atom stereocenters. The van der Waals surface area contributed by atoms with Crippen LogP contribution in [0.4, 0.5) is 0 Å². The van der Waals surface area contributed by atoms with E-state index in [0.717, 1.165) is 20.0 Å². The molecule has 6 nitrogen and oxygen atoms in total. The van der Waals surface area contributed by atoms with Gasteiger partial charge in [0.1, 0.15) is 5.54 Å². The van der Waals surface area contributed by atoms with Crippen LogP contribution < -0.4 is 4.72 Å². The fourth-order valence-corrected chi connectivity index (χ4v) is 3.38. The van der Waals surface area contributed by atoms with Crippen molar-refractivity contribution >= 4 is 16.0 Å². The van der Waals surface area contributed by atoms with Crippen molar-refractivity contribution < 1.29 is 17.9 Å². The maximum atomic E-state index is 11.8. The van der Waals surface area contributed by atoms with Crippen molar-refractivity contribution in [2.75, 3.05) is 12.9 Å². The van der Waals surface area contributed by atoms with Crippen molar-refractivity contribution in [3.63, 3.8) is 0 Å². The number of hydrogen-bond donors (Lipinski definition) is 1. The molecule has 0 aromatic rings. The summed E-state index contributed by atoms with van der Waals surface area (Å²) in [5, 5.41) is 9.19. The van der Waals surface area contributed by atoms with Crippen LogP contribution in [0.2, 0.25) is 0 Å². The summed E-state index contributed by atoms with van der Waals surface area (Å²) >= 11 is 0. The van der Waals surface area contributed by atoms with Gasteiger partial charge in [0.05, 0.1) is 13.2 Å². The van der Waals surface area contributed by atoms with Crippen LogP contribution >= 0.6 is 0 Å². The van der Waals surface area contributed by atoms with Gasteiger partial charge in [-0.15, -0.1) is 0 Å². The van der Waals surface area contributed by atoms with E-state index in [-0.39, 0.29) is 0 Å². The lowest BCUT2D eigenvalue weighted by Gasteiger charge is -2.33. The van der Waals surface area contributed by atoms with Gasteiger partial charge in [-0.3, -0.25) is 4.79 Å². The molecule has 1 aliphatic rings. The van der Waals surface area contributed by atoms with Gasteiger partial charge >= 0.3 is 5.97 Å². The summed E-state index contributed by atoms with van der Waals surface area (Å²) in [6, 6.07) is 2.04. The molecule has 0 saturated heterocycles. The van der Waals surface area contributed by atoms with Crippen LogP contribution in [0.15, 0.2) is 0 Å². The highest BCUT2D eigenvalue weighted by Crippen LogP contribution is 2.31. The van der Waals surface area contributed by atoms with E-state index in [2.05, 4.69) is 16.4 Å². The van der Waals surface area contributed by atoms with E-state index in [0.29, 0.717) is 18.8 Å². The van der Waals surface area contributed by atoms with Gasteiger partial charge in [-0.1, -0.05) is 6.92 Å². The number of esters is 1. The standard InChI is InChI=1S/C11H18N2O4S/c1-9-3-5-11(8-12,6-4-9)13-18(15,16)7-10(14)17-2/h9,13H,3-7H2,1-2H3. The van der Waals surface area contributed by atoms with E-state index in [9.17, 15) is 18.5 Å². The molecule has 18 heavy (non-hydrogen) atoms. The van der Waals surface area contributed by atoms with Crippen molar-refractivity contribution in [3.8, 4) is 6.07 Å². The molecule has 7 heteroatoms. The lowest BCUT2D eigenvalue weighted by atomic mass is 9.79. The quantitative estimate of drug-likeness (QED) is 0.755. The maximum absolute atomic E-state index is 11.8. The molecule has 0 aromatic carbocycles. The van der Waals surface area contributed by atoms with Gasteiger partial charge < -0.3 is 4.74 Å². The van der Waals surface area contributed by atoms with E-state index >= 15 is 0 Å². The summed E-state index contributed by atoms with van der Waals surface area (Å²) in [5.74, 6) is -1.08. The first-order chi connectivity index (χ1) is 8.32. The average molecular weight is 274 g/mol. The Morgan fingerprint density at radius 2 is 2.06 bits per heavy atom. The highest BCUT2D eigenvalue weighted by Gasteiger charge is 2.38. The van der Waals surface area contributed by atoms with E-state index < -0.39 is 27.3 Å². The van der Waals surface area contributed by atoms with E-state index in [4.69, 9.17) is 0 Å². The number of nitriles is 1. The molecule has 102 valence electrons. The molecule has 0 spiro atoms. The van der Waals surface area contributed by atoms with Crippen LogP contribution in [0.5, 0.6) is 0 Å². The number of sulfonamides is 1. The van der Waals surface area contributed by atoms with E-state index in [1.54, 1.807) is 0 Å². The molecule has 0 amide bonds. The smallest absolute Gasteiger partial charge is 0.322 e. The number of rotatable bonds is 4. The highest BCUT2D eigenvalue weighted by molar-refractivity contribution is 7.90. The molecule has 1 rings (SSSR count). The molecule has 1 N–H and O–H groups in total. The van der Waals surface area contributed by atoms with Crippen LogP contribution in [0.3, 0.4) is 0 Å². The van der Waals surface area contributed by atoms with Gasteiger partial charge in [-0.25, -0.2) is 8.42 Å². The molecule has 0 bridgehead atoms. The summed E-state index contributed by atoms with van der Waals surface area (Å²) < 4.78 is 30.2. The van der Waals surface area contributed by atoms with Crippen molar-refractivity contribution in [3.05, 3.63) is 0 Å². The lowest BCUT2D eigenvalue weighted by Crippen LogP contribution is -2.50. The average Bonchev–Trinajstić information content (AvgIpc) is 2.31. The van der Waals surface area contributed by atoms with Gasteiger partial charge in [0.2, 0.25) is 10.0 Å². The molecule has 0 unspecified atom stereocenters. The van der Waals surface area contributed by atoms with Crippen LogP contribution in [-0.4, -0.2) is 32.8 Å². The number of hydrogen-bond acceptors (Lipinski definition) is 5. The van der Waals surface area contributed by atoms with Gasteiger partial charge in [0, 0.05) is 0 Å². The fraction of sp³-hybridized carbons (Fsp3) is 0.818. The normalized spacial score (nSPS) is 28.4. The molecule has 0 radical (unpaired) electrons. The summed E-state index contributed by atoms with van der Waals surface area (Å²) in [6.07, 6.45) is 2.55. The first-order valence-electron chi connectivity index (χ1n) is 5.82. The zero-order chi connectivity index (χ0) is 13.8. The number of methoxy groups -OCH3 is 1. The molecular formula is C11H18N2O4S. The van der Waals surface area contributed by atoms with Gasteiger partial charge in [-0.05, 0) is 31.6 Å². The Morgan fingerprint density at radius 3 is 2.50 bits per heavy atom. The summed E-state index contributed by atoms with van der Waals surface area (Å²) in [7, 11) is -2.70. The predicted molar refractivity (Wildman–Crippen MR) is 64.9 cm³/mol. The van der Waals surface area contributed by atoms with Crippen molar-refractivity contribution in [1.82, 2.24) is 4.72 Å². The topological polar surface area (TPSA) is 96.3 Å². The Hall–Kier alpha value is -1.13. The molecule has 0 heterocycles. The van der Waals surface area contributed by atoms with Crippen LogP contribution in [0.25, 0.3) is 0 Å². The zero-order valence-electron chi connectivity index (χ0n) is 10.6. The molecular weight excluding hydrogens is 256 g/mol. The largest absolute Gasteiger partial charge is 0.468 e. The number of nitrogens with one attached hydrogen (secondary N) is 1. The van der Waals surface area contributed by atoms with Gasteiger partial charge in [0.25, 0.3) is 0 Å². The fourth-order valence-electron chi connectivity index (χ4n) is 2.04. The lowest BCUT2D eigenvalue weighted by molar-refractivity contribution is -0.137. The second kappa shape index (κ2) is 5.67. The van der Waals surface area contributed by atoms with Crippen LogP contribution in [0, 0.1) is 17.2 Å². The Kier molecular flexibility index (Phi) is 4.71. The first kappa shape index (κ1) is 14.9. The third-order valence-electron chi connectivity index (χ3n) is 3.23. The Balaban J connectivity index is 2.75. The number of carbonyl (C=O) groups excluding carboxylic acids is 1. The molecule has 1 aliphatic carbocycles. The van der Waals surface area contributed by atoms with Crippen LogP contribution in [0.1, 0.15) is 32.6 Å². The second-order valence-electron chi connectivity index (χ2n) is 4.81. The second-order valence-corrected chi connectivity index (χ2v) is 6.54. The van der Waals surface area contributed by atoms with E-state index in [1.165, 1.54) is 0 Å². The van der Waals surface area contributed by atoms with Crippen molar-refractivity contribution in [2.45, 2.75) is 38.1 Å². The number of ether oxygens (including phenoxy) is 1. The summed E-state index contributed by atoms with van der Waals surface area (Å²) in [4.78, 5) is 11.0. The molecule has 0 aliphatic heterocycles. The summed E-state index contributed by atoms with van der Waals surface area (Å²) in [6.45, 7) is 2.07. The monoisotopic (exact) mass is 274 g/mol. The summed E-state index contributed by atoms with van der Waals surface area (Å²) in [5.41, 5.74) is -1.07. The first-order valence-corrected chi connectivity index (χ1v) is 7.47. The van der Waals surface area contributed by atoms with Crippen LogP contribution in [-0.2, 0) is 19.6 Å².